The van der Waals surface area contributed by atoms with Gasteiger partial charge in [0.1, 0.15) is 6.10 Å². The molecule has 0 atom stereocenters. The van der Waals surface area contributed by atoms with Crippen molar-refractivity contribution < 1.29 is 9.53 Å². The molecule has 0 bridgehead atoms. The quantitative estimate of drug-likeness (QED) is 0.607. The first-order valence-corrected chi connectivity index (χ1v) is 10.5. The molecule has 1 N–H and O–H groups in total. The summed E-state index contributed by atoms with van der Waals surface area (Å²) in [6, 6.07) is 16.3. The number of amides is 2. The third-order valence-electron chi connectivity index (χ3n) is 4.29. The lowest BCUT2D eigenvalue weighted by atomic mass is 10.0. The first-order chi connectivity index (χ1) is 12.7. The Balaban J connectivity index is 1.69. The van der Waals surface area contributed by atoms with Gasteiger partial charge in [0, 0.05) is 14.5 Å². The van der Waals surface area contributed by atoms with Gasteiger partial charge in [0.15, 0.2) is 0 Å². The van der Waals surface area contributed by atoms with Gasteiger partial charge in [-0.1, -0.05) is 56.1 Å². The van der Waals surface area contributed by atoms with Gasteiger partial charge in [-0.15, -0.1) is 0 Å². The summed E-state index contributed by atoms with van der Waals surface area (Å²) in [4.78, 5) is 14.0. The Morgan fingerprint density at radius 2 is 1.44 bits per heavy atom. The lowest BCUT2D eigenvalue weighted by Gasteiger charge is -2.42. The molecular formula is C21H24Br2N2O2. The maximum atomic E-state index is 12.2. The largest absolute Gasteiger partial charge is 0.362 e. The minimum atomic E-state index is -0.236. The smallest absolute Gasteiger partial charge is 0.317 e. The second-order valence-electron chi connectivity index (χ2n) is 7.83. The fourth-order valence-electron chi connectivity index (χ4n) is 2.91. The van der Waals surface area contributed by atoms with E-state index in [1.165, 1.54) is 0 Å². The molecular weight excluding hydrogens is 472 g/mol. The van der Waals surface area contributed by atoms with Crippen LogP contribution in [-0.4, -0.2) is 35.7 Å². The molecule has 2 amide bonds. The summed E-state index contributed by atoms with van der Waals surface area (Å²) in [6.07, 6.45) is -0.142. The highest BCUT2D eigenvalue weighted by molar-refractivity contribution is 9.10. The van der Waals surface area contributed by atoms with E-state index in [0.717, 1.165) is 20.1 Å². The molecule has 2 aromatic carbocycles. The van der Waals surface area contributed by atoms with Crippen molar-refractivity contribution in [1.82, 2.24) is 10.2 Å². The third-order valence-corrected chi connectivity index (χ3v) is 5.35. The molecule has 6 heteroatoms. The highest BCUT2D eigenvalue weighted by Gasteiger charge is 2.35. The van der Waals surface area contributed by atoms with Crippen molar-refractivity contribution in [1.29, 1.82) is 0 Å². The van der Waals surface area contributed by atoms with Crippen molar-refractivity contribution in [2.75, 3.05) is 13.1 Å². The molecule has 4 nitrogen and oxygen atoms in total. The van der Waals surface area contributed by atoms with Crippen molar-refractivity contribution in [2.45, 2.75) is 38.5 Å². The molecule has 27 heavy (non-hydrogen) atoms. The number of rotatable bonds is 4. The summed E-state index contributed by atoms with van der Waals surface area (Å²) in [5, 5.41) is 2.99. The average molecular weight is 496 g/mol. The van der Waals surface area contributed by atoms with E-state index in [1.807, 2.05) is 45.0 Å². The lowest BCUT2D eigenvalue weighted by Crippen LogP contribution is -2.60. The van der Waals surface area contributed by atoms with Gasteiger partial charge in [0.05, 0.1) is 19.2 Å². The van der Waals surface area contributed by atoms with Crippen LogP contribution in [0.3, 0.4) is 0 Å². The number of nitrogens with zero attached hydrogens (tertiary/aromatic N) is 1. The van der Waals surface area contributed by atoms with Crippen LogP contribution in [-0.2, 0) is 4.74 Å². The molecule has 0 unspecified atom stereocenters. The highest BCUT2D eigenvalue weighted by Crippen LogP contribution is 2.31. The van der Waals surface area contributed by atoms with Crippen molar-refractivity contribution in [2.24, 2.45) is 0 Å². The molecule has 0 aromatic heterocycles. The lowest BCUT2D eigenvalue weighted by molar-refractivity contribution is -0.0651. The molecule has 2 aromatic rings. The molecule has 1 heterocycles. The van der Waals surface area contributed by atoms with Crippen molar-refractivity contribution in [3.63, 3.8) is 0 Å². The van der Waals surface area contributed by atoms with Crippen LogP contribution >= 0.6 is 31.9 Å². The number of carbonyl (C=O) groups excluding carboxylic acids is 1. The standard InChI is InChI=1S/C21H24Br2N2O2/c1-21(2,3)24-20(26)25-12-18(13-25)27-19(14-4-8-16(22)9-5-14)15-6-10-17(23)11-7-15/h4-11,18-19H,12-13H2,1-3H3,(H,24,26). The number of hydrogen-bond acceptors (Lipinski definition) is 2. The summed E-state index contributed by atoms with van der Waals surface area (Å²) in [5.74, 6) is 0. The summed E-state index contributed by atoms with van der Waals surface area (Å²) in [7, 11) is 0. The fourth-order valence-corrected chi connectivity index (χ4v) is 3.44. The number of urea groups is 1. The van der Waals surface area contributed by atoms with Crippen LogP contribution in [0.1, 0.15) is 38.0 Å². The van der Waals surface area contributed by atoms with E-state index in [2.05, 4.69) is 61.4 Å². The van der Waals surface area contributed by atoms with Crippen LogP contribution in [0.25, 0.3) is 0 Å². The monoisotopic (exact) mass is 494 g/mol. The van der Waals surface area contributed by atoms with E-state index < -0.39 is 0 Å². The number of halogens is 2. The molecule has 0 aliphatic carbocycles. The van der Waals surface area contributed by atoms with Crippen LogP contribution in [0, 0.1) is 0 Å². The number of nitrogens with one attached hydrogen (secondary N) is 1. The highest BCUT2D eigenvalue weighted by atomic mass is 79.9. The van der Waals surface area contributed by atoms with E-state index in [4.69, 9.17) is 4.74 Å². The fraction of sp³-hybridized carbons (Fsp3) is 0.381. The van der Waals surface area contributed by atoms with Gasteiger partial charge in [-0.25, -0.2) is 4.79 Å². The van der Waals surface area contributed by atoms with Crippen LogP contribution in [0.4, 0.5) is 4.79 Å². The van der Waals surface area contributed by atoms with Gasteiger partial charge in [-0.3, -0.25) is 0 Å². The SMILES string of the molecule is CC(C)(C)NC(=O)N1CC(OC(c2ccc(Br)cc2)c2ccc(Br)cc2)C1. The Bertz CT molecular complexity index is 734. The summed E-state index contributed by atoms with van der Waals surface area (Å²) in [6.45, 7) is 7.15. The normalized spacial score (nSPS) is 15.0. The van der Waals surface area contributed by atoms with E-state index in [1.54, 1.807) is 4.90 Å². The molecule has 0 radical (unpaired) electrons. The zero-order chi connectivity index (χ0) is 19.6. The Hall–Kier alpha value is -1.37. The molecule has 144 valence electrons. The molecule has 3 rings (SSSR count). The second-order valence-corrected chi connectivity index (χ2v) is 9.66. The zero-order valence-electron chi connectivity index (χ0n) is 15.7. The first-order valence-electron chi connectivity index (χ1n) is 8.95. The van der Waals surface area contributed by atoms with Crippen molar-refractivity contribution >= 4 is 37.9 Å². The molecule has 0 spiro atoms. The van der Waals surface area contributed by atoms with Gasteiger partial charge < -0.3 is 15.0 Å². The first kappa shape index (κ1) is 20.4. The minimum absolute atomic E-state index is 0.0213. The second kappa shape index (κ2) is 8.33. The van der Waals surface area contributed by atoms with Gasteiger partial charge in [-0.2, -0.15) is 0 Å². The number of hydrogen-bond donors (Lipinski definition) is 1. The predicted octanol–water partition coefficient (Wildman–Crippen LogP) is 5.51. The molecule has 1 saturated heterocycles. The Morgan fingerprint density at radius 3 is 1.85 bits per heavy atom. The number of ether oxygens (including phenoxy) is 1. The number of benzene rings is 2. The van der Waals surface area contributed by atoms with Crippen molar-refractivity contribution in [3.05, 3.63) is 68.6 Å². The van der Waals surface area contributed by atoms with Crippen LogP contribution in [0.5, 0.6) is 0 Å². The van der Waals surface area contributed by atoms with Gasteiger partial charge >= 0.3 is 6.03 Å². The minimum Gasteiger partial charge on any atom is -0.362 e. The molecule has 0 saturated carbocycles. The van der Waals surface area contributed by atoms with E-state index >= 15 is 0 Å². The molecule has 1 aliphatic heterocycles. The number of carbonyl (C=O) groups is 1. The average Bonchev–Trinajstić information content (AvgIpc) is 2.54. The maximum Gasteiger partial charge on any atom is 0.317 e. The van der Waals surface area contributed by atoms with Crippen LogP contribution < -0.4 is 5.32 Å². The van der Waals surface area contributed by atoms with Gasteiger partial charge in [0.25, 0.3) is 0 Å². The summed E-state index contributed by atoms with van der Waals surface area (Å²) < 4.78 is 8.47. The Kier molecular flexibility index (Phi) is 6.28. The van der Waals surface area contributed by atoms with E-state index in [-0.39, 0.29) is 23.8 Å². The van der Waals surface area contributed by atoms with E-state index in [9.17, 15) is 4.79 Å². The van der Waals surface area contributed by atoms with Gasteiger partial charge in [0.2, 0.25) is 0 Å². The number of likely N-dealkylation sites (tertiary alicyclic amines) is 1. The van der Waals surface area contributed by atoms with Crippen LogP contribution in [0.2, 0.25) is 0 Å². The summed E-state index contributed by atoms with van der Waals surface area (Å²) >= 11 is 6.97. The predicted molar refractivity (Wildman–Crippen MR) is 115 cm³/mol. The van der Waals surface area contributed by atoms with Crippen LogP contribution in [0.15, 0.2) is 57.5 Å². The molecule has 1 fully saturated rings. The van der Waals surface area contributed by atoms with Crippen molar-refractivity contribution in [3.8, 4) is 0 Å². The zero-order valence-corrected chi connectivity index (χ0v) is 18.9. The Morgan fingerprint density at radius 1 is 1.00 bits per heavy atom. The summed E-state index contributed by atoms with van der Waals surface area (Å²) in [5.41, 5.74) is 1.96. The third kappa shape index (κ3) is 5.56. The van der Waals surface area contributed by atoms with E-state index in [0.29, 0.717) is 13.1 Å². The topological polar surface area (TPSA) is 41.6 Å². The molecule has 1 aliphatic rings. The Labute approximate surface area is 177 Å². The maximum absolute atomic E-state index is 12.2. The van der Waals surface area contributed by atoms with Gasteiger partial charge in [-0.05, 0) is 56.2 Å².